The molecule has 2 saturated heterocycles. The van der Waals surface area contributed by atoms with Gasteiger partial charge in [-0.1, -0.05) is 12.1 Å². The van der Waals surface area contributed by atoms with Crippen LogP contribution in [0.2, 0.25) is 0 Å². The van der Waals surface area contributed by atoms with Gasteiger partial charge in [0, 0.05) is 51.3 Å². The first-order valence-electron chi connectivity index (χ1n) is 11.3. The zero-order valence-electron chi connectivity index (χ0n) is 18.7. The summed E-state index contributed by atoms with van der Waals surface area (Å²) in [7, 11) is 1.70. The predicted molar refractivity (Wildman–Crippen MR) is 124 cm³/mol. The summed E-state index contributed by atoms with van der Waals surface area (Å²) in [5.74, 6) is 2.76. The molecule has 0 aliphatic carbocycles. The van der Waals surface area contributed by atoms with Crippen molar-refractivity contribution in [2.45, 2.75) is 12.8 Å². The fourth-order valence-electron chi connectivity index (χ4n) is 4.63. The highest BCUT2D eigenvalue weighted by atomic mass is 16.5. The third-order valence-electron chi connectivity index (χ3n) is 6.48. The van der Waals surface area contributed by atoms with Gasteiger partial charge >= 0.3 is 0 Å². The molecule has 1 aromatic carbocycles. The predicted octanol–water partition coefficient (Wildman–Crippen LogP) is 1.63. The van der Waals surface area contributed by atoms with Crippen molar-refractivity contribution in [2.75, 3.05) is 56.2 Å². The van der Waals surface area contributed by atoms with Gasteiger partial charge in [0.1, 0.15) is 30.5 Å². The van der Waals surface area contributed by atoms with E-state index in [1.54, 1.807) is 24.4 Å². The monoisotopic (exact) mass is 448 g/mol. The molecule has 33 heavy (non-hydrogen) atoms. The van der Waals surface area contributed by atoms with Crippen LogP contribution in [-0.2, 0) is 4.79 Å². The first kappa shape index (κ1) is 21.2. The lowest BCUT2D eigenvalue weighted by Crippen LogP contribution is -2.51. The standard InChI is InChI=1S/C23H28N8O2/c1-33-20-5-3-2-4-19(20)28-10-12-30(13-11-28)23(32)18-6-8-29(9-7-18)21-14-22(26-16-25-21)31-17-24-15-27-31/h2-5,14-18H,6-13H2,1H3. The van der Waals surface area contributed by atoms with Crippen LogP contribution in [0.1, 0.15) is 12.8 Å². The number of aromatic nitrogens is 5. The molecule has 10 heteroatoms. The number of carbonyl (C=O) groups excluding carboxylic acids is 1. The summed E-state index contributed by atoms with van der Waals surface area (Å²) in [4.78, 5) is 32.4. The van der Waals surface area contributed by atoms with Gasteiger partial charge in [0.2, 0.25) is 5.91 Å². The van der Waals surface area contributed by atoms with Crippen LogP contribution in [0.4, 0.5) is 11.5 Å². The lowest BCUT2D eigenvalue weighted by atomic mass is 9.95. The van der Waals surface area contributed by atoms with E-state index in [4.69, 9.17) is 4.74 Å². The number of benzene rings is 1. The van der Waals surface area contributed by atoms with Gasteiger partial charge in [-0.25, -0.2) is 19.6 Å². The van der Waals surface area contributed by atoms with Crippen LogP contribution in [0.25, 0.3) is 5.82 Å². The molecule has 1 amide bonds. The van der Waals surface area contributed by atoms with Gasteiger partial charge in [-0.15, -0.1) is 0 Å². The summed E-state index contributed by atoms with van der Waals surface area (Å²) in [5, 5.41) is 4.13. The largest absolute Gasteiger partial charge is 0.495 e. The molecule has 0 saturated carbocycles. The van der Waals surface area contributed by atoms with Crippen molar-refractivity contribution < 1.29 is 9.53 Å². The van der Waals surface area contributed by atoms with Gasteiger partial charge in [-0.2, -0.15) is 5.10 Å². The minimum absolute atomic E-state index is 0.0654. The summed E-state index contributed by atoms with van der Waals surface area (Å²) in [6.45, 7) is 4.71. The molecule has 2 aromatic heterocycles. The van der Waals surface area contributed by atoms with Gasteiger partial charge in [0.15, 0.2) is 5.82 Å². The van der Waals surface area contributed by atoms with Crippen LogP contribution >= 0.6 is 0 Å². The molecule has 0 unspecified atom stereocenters. The van der Waals surface area contributed by atoms with Crippen molar-refractivity contribution in [3.63, 3.8) is 0 Å². The molecule has 2 fully saturated rings. The van der Waals surface area contributed by atoms with E-state index in [0.717, 1.165) is 69.4 Å². The average molecular weight is 449 g/mol. The molecule has 4 heterocycles. The van der Waals surface area contributed by atoms with E-state index in [2.05, 4.69) is 35.9 Å². The number of hydrogen-bond acceptors (Lipinski definition) is 8. The maximum atomic E-state index is 13.2. The van der Waals surface area contributed by atoms with Gasteiger partial charge in [0.05, 0.1) is 12.8 Å². The maximum absolute atomic E-state index is 13.2. The Kier molecular flexibility index (Phi) is 6.05. The number of para-hydroxylation sites is 2. The molecule has 0 bridgehead atoms. The first-order valence-corrected chi connectivity index (χ1v) is 11.3. The lowest BCUT2D eigenvalue weighted by Gasteiger charge is -2.39. The quantitative estimate of drug-likeness (QED) is 0.582. The van der Waals surface area contributed by atoms with Crippen molar-refractivity contribution in [3.8, 4) is 11.6 Å². The number of amides is 1. The van der Waals surface area contributed by atoms with E-state index in [9.17, 15) is 4.79 Å². The topological polar surface area (TPSA) is 92.5 Å². The molecule has 0 atom stereocenters. The molecule has 10 nitrogen and oxygen atoms in total. The normalized spacial score (nSPS) is 17.3. The number of piperazine rings is 1. The van der Waals surface area contributed by atoms with Crippen LogP contribution < -0.4 is 14.5 Å². The van der Waals surface area contributed by atoms with Crippen molar-refractivity contribution in [3.05, 3.63) is 49.3 Å². The Morgan fingerprint density at radius 1 is 0.939 bits per heavy atom. The SMILES string of the molecule is COc1ccccc1N1CCN(C(=O)C2CCN(c3cc(-n4cncn4)ncn3)CC2)CC1. The van der Waals surface area contributed by atoms with E-state index in [1.165, 1.54) is 6.33 Å². The number of rotatable bonds is 5. The molecule has 2 aliphatic heterocycles. The number of carbonyl (C=O) groups is 1. The molecule has 172 valence electrons. The highest BCUT2D eigenvalue weighted by Crippen LogP contribution is 2.29. The Hall–Kier alpha value is -3.69. The van der Waals surface area contributed by atoms with E-state index in [0.29, 0.717) is 5.82 Å². The first-order chi connectivity index (χ1) is 16.2. The molecular formula is C23H28N8O2. The van der Waals surface area contributed by atoms with E-state index >= 15 is 0 Å². The molecule has 3 aromatic rings. The zero-order chi connectivity index (χ0) is 22.6. The van der Waals surface area contributed by atoms with Crippen molar-refractivity contribution in [1.82, 2.24) is 29.6 Å². The van der Waals surface area contributed by atoms with Gasteiger partial charge in [-0.3, -0.25) is 4.79 Å². The fraction of sp³-hybridized carbons (Fsp3) is 0.435. The Bertz CT molecular complexity index is 1070. The summed E-state index contributed by atoms with van der Waals surface area (Å²) in [6.07, 6.45) is 6.30. The second-order valence-corrected chi connectivity index (χ2v) is 8.32. The number of anilines is 2. The number of piperidine rings is 1. The molecule has 5 rings (SSSR count). The fourth-order valence-corrected chi connectivity index (χ4v) is 4.63. The molecule has 0 spiro atoms. The van der Waals surface area contributed by atoms with Crippen LogP contribution in [-0.4, -0.2) is 81.9 Å². The Morgan fingerprint density at radius 3 is 2.42 bits per heavy atom. The van der Waals surface area contributed by atoms with Crippen molar-refractivity contribution in [1.29, 1.82) is 0 Å². The third kappa shape index (κ3) is 4.46. The summed E-state index contributed by atoms with van der Waals surface area (Å²) in [6, 6.07) is 9.97. The third-order valence-corrected chi connectivity index (χ3v) is 6.48. The van der Waals surface area contributed by atoms with Crippen LogP contribution in [0.15, 0.2) is 49.3 Å². The minimum Gasteiger partial charge on any atom is -0.495 e. The summed E-state index contributed by atoms with van der Waals surface area (Å²) in [5.41, 5.74) is 1.09. The minimum atomic E-state index is 0.0654. The molecule has 0 N–H and O–H groups in total. The van der Waals surface area contributed by atoms with E-state index < -0.39 is 0 Å². The maximum Gasteiger partial charge on any atom is 0.225 e. The summed E-state index contributed by atoms with van der Waals surface area (Å²) >= 11 is 0. The highest BCUT2D eigenvalue weighted by Gasteiger charge is 2.31. The highest BCUT2D eigenvalue weighted by molar-refractivity contribution is 5.79. The van der Waals surface area contributed by atoms with Crippen LogP contribution in [0.3, 0.4) is 0 Å². The van der Waals surface area contributed by atoms with Crippen LogP contribution in [0, 0.1) is 5.92 Å². The Morgan fingerprint density at radius 2 is 1.70 bits per heavy atom. The molecule has 2 aliphatic rings. The van der Waals surface area contributed by atoms with Gasteiger partial charge in [0.25, 0.3) is 0 Å². The lowest BCUT2D eigenvalue weighted by molar-refractivity contribution is -0.136. The number of hydrogen-bond donors (Lipinski definition) is 0. The van der Waals surface area contributed by atoms with Crippen LogP contribution in [0.5, 0.6) is 5.75 Å². The number of methoxy groups -OCH3 is 1. The Balaban J connectivity index is 1.15. The van der Waals surface area contributed by atoms with Gasteiger partial charge < -0.3 is 19.4 Å². The smallest absolute Gasteiger partial charge is 0.225 e. The molecule has 0 radical (unpaired) electrons. The number of nitrogens with zero attached hydrogens (tertiary/aromatic N) is 8. The average Bonchev–Trinajstić information content (AvgIpc) is 3.44. The van der Waals surface area contributed by atoms with Gasteiger partial charge in [-0.05, 0) is 25.0 Å². The molecular weight excluding hydrogens is 420 g/mol. The Labute approximate surface area is 192 Å². The van der Waals surface area contributed by atoms with Crippen molar-refractivity contribution >= 4 is 17.4 Å². The number of ether oxygens (including phenoxy) is 1. The van der Waals surface area contributed by atoms with Crippen molar-refractivity contribution in [2.24, 2.45) is 5.92 Å². The summed E-state index contributed by atoms with van der Waals surface area (Å²) < 4.78 is 7.12. The zero-order valence-corrected chi connectivity index (χ0v) is 18.7. The van der Waals surface area contributed by atoms with E-state index in [1.807, 2.05) is 29.2 Å². The van der Waals surface area contributed by atoms with E-state index in [-0.39, 0.29) is 11.8 Å². The second-order valence-electron chi connectivity index (χ2n) is 8.32. The second kappa shape index (κ2) is 9.43.